The van der Waals surface area contributed by atoms with Gasteiger partial charge in [0, 0.05) is 16.7 Å². The molecule has 104 valence electrons. The number of halogens is 2. The largest absolute Gasteiger partial charge is 0.465 e. The van der Waals surface area contributed by atoms with Crippen molar-refractivity contribution < 1.29 is 18.8 Å². The molecule has 0 saturated carbocycles. The number of methoxy groups -OCH3 is 1. The Bertz CT molecular complexity index is 704. The van der Waals surface area contributed by atoms with Gasteiger partial charge < -0.3 is 4.74 Å². The van der Waals surface area contributed by atoms with Crippen LogP contribution in [0, 0.1) is 15.9 Å². The summed E-state index contributed by atoms with van der Waals surface area (Å²) in [6, 6.07) is 2.29. The first-order valence-electron chi connectivity index (χ1n) is 5.12. The lowest BCUT2D eigenvalue weighted by molar-refractivity contribution is -0.384. The Morgan fingerprint density at radius 2 is 2.25 bits per heavy atom. The minimum Gasteiger partial charge on any atom is -0.465 e. The van der Waals surface area contributed by atoms with Crippen LogP contribution in [0.15, 0.2) is 22.8 Å². The second kappa shape index (κ2) is 5.63. The standard InChI is InChI=1S/C11H6BrFN2O4S/c1-19-11(16)10-6(13)3-8(20-10)9-7(15(17)18)2-5(12)4-14-9/h2-4H,1H3. The SMILES string of the molecule is COC(=O)c1sc(-c2ncc(Br)cc2[N+](=O)[O-])cc1F. The van der Waals surface area contributed by atoms with E-state index in [0.29, 0.717) is 4.47 Å². The molecule has 2 aromatic heterocycles. The number of hydrogen-bond acceptors (Lipinski definition) is 6. The minimum absolute atomic E-state index is 0.00254. The lowest BCUT2D eigenvalue weighted by atomic mass is 10.2. The highest BCUT2D eigenvalue weighted by Crippen LogP contribution is 2.36. The summed E-state index contributed by atoms with van der Waals surface area (Å²) in [5.74, 6) is -1.63. The number of carbonyl (C=O) groups excluding carboxylic acids is 1. The Balaban J connectivity index is 2.58. The van der Waals surface area contributed by atoms with Gasteiger partial charge in [-0.25, -0.2) is 14.2 Å². The molecule has 0 radical (unpaired) electrons. The first kappa shape index (κ1) is 14.5. The molecule has 0 aromatic carbocycles. The van der Waals surface area contributed by atoms with E-state index in [4.69, 9.17) is 0 Å². The molecule has 0 aliphatic heterocycles. The molecule has 6 nitrogen and oxygen atoms in total. The summed E-state index contributed by atoms with van der Waals surface area (Å²) in [5.41, 5.74) is -0.283. The molecule has 2 heterocycles. The van der Waals surface area contributed by atoms with E-state index in [1.54, 1.807) is 0 Å². The third-order valence-corrected chi connectivity index (χ3v) is 3.85. The van der Waals surface area contributed by atoms with Crippen LogP contribution >= 0.6 is 27.3 Å². The topological polar surface area (TPSA) is 82.3 Å². The van der Waals surface area contributed by atoms with Gasteiger partial charge in [0.25, 0.3) is 5.69 Å². The van der Waals surface area contributed by atoms with Gasteiger partial charge >= 0.3 is 5.97 Å². The molecule has 0 fully saturated rings. The molecule has 0 aliphatic carbocycles. The van der Waals surface area contributed by atoms with Gasteiger partial charge in [-0.05, 0) is 22.0 Å². The highest BCUT2D eigenvalue weighted by atomic mass is 79.9. The van der Waals surface area contributed by atoms with Crippen LogP contribution in [0.4, 0.5) is 10.1 Å². The van der Waals surface area contributed by atoms with Gasteiger partial charge in [0.1, 0.15) is 10.7 Å². The molecule has 0 bridgehead atoms. The molecule has 0 amide bonds. The van der Waals surface area contributed by atoms with E-state index in [1.165, 1.54) is 12.3 Å². The van der Waals surface area contributed by atoms with E-state index < -0.39 is 16.7 Å². The van der Waals surface area contributed by atoms with Crippen molar-refractivity contribution in [1.29, 1.82) is 0 Å². The summed E-state index contributed by atoms with van der Waals surface area (Å²) < 4.78 is 18.5. The Kier molecular flexibility index (Phi) is 4.09. The number of rotatable bonds is 3. The maximum atomic E-state index is 13.6. The molecule has 9 heteroatoms. The van der Waals surface area contributed by atoms with Crippen molar-refractivity contribution in [3.05, 3.63) is 43.6 Å². The number of aromatic nitrogens is 1. The molecule has 0 unspecified atom stereocenters. The van der Waals surface area contributed by atoms with Crippen LogP contribution in [0.1, 0.15) is 9.67 Å². The summed E-state index contributed by atoms with van der Waals surface area (Å²) in [6.45, 7) is 0. The predicted molar refractivity (Wildman–Crippen MR) is 73.2 cm³/mol. The van der Waals surface area contributed by atoms with Gasteiger partial charge in [-0.2, -0.15) is 0 Å². The van der Waals surface area contributed by atoms with Crippen molar-refractivity contribution in [1.82, 2.24) is 4.98 Å². The van der Waals surface area contributed by atoms with Crippen molar-refractivity contribution in [3.63, 3.8) is 0 Å². The number of carbonyl (C=O) groups is 1. The first-order chi connectivity index (χ1) is 9.43. The summed E-state index contributed by atoms with van der Waals surface area (Å²) >= 11 is 3.83. The van der Waals surface area contributed by atoms with Crippen LogP contribution in [-0.2, 0) is 4.74 Å². The minimum atomic E-state index is -0.835. The number of ether oxygens (including phenoxy) is 1. The zero-order chi connectivity index (χ0) is 14.9. The monoisotopic (exact) mass is 360 g/mol. The summed E-state index contributed by atoms with van der Waals surface area (Å²) in [4.78, 5) is 25.6. The van der Waals surface area contributed by atoms with E-state index in [1.807, 2.05) is 0 Å². The fourth-order valence-electron chi connectivity index (χ4n) is 1.47. The molecule has 0 aliphatic rings. The van der Waals surface area contributed by atoms with Crippen molar-refractivity contribution >= 4 is 38.9 Å². The molecule has 0 spiro atoms. The number of nitro groups is 1. The van der Waals surface area contributed by atoms with E-state index in [0.717, 1.165) is 24.5 Å². The van der Waals surface area contributed by atoms with Gasteiger partial charge in [0.05, 0.1) is 16.9 Å². The van der Waals surface area contributed by atoms with E-state index in [2.05, 4.69) is 25.7 Å². The molecule has 0 saturated heterocycles. The van der Waals surface area contributed by atoms with Crippen LogP contribution in [-0.4, -0.2) is 23.0 Å². The normalized spacial score (nSPS) is 10.3. The molecule has 2 rings (SSSR count). The molecule has 0 atom stereocenters. The summed E-state index contributed by atoms with van der Waals surface area (Å²) in [6.07, 6.45) is 1.36. The van der Waals surface area contributed by atoms with Crippen LogP contribution in [0.2, 0.25) is 0 Å². The Hall–Kier alpha value is -1.87. The van der Waals surface area contributed by atoms with Gasteiger partial charge in [-0.3, -0.25) is 10.1 Å². The zero-order valence-electron chi connectivity index (χ0n) is 9.92. The Morgan fingerprint density at radius 1 is 1.55 bits per heavy atom. The van der Waals surface area contributed by atoms with Gasteiger partial charge in [0.2, 0.25) is 0 Å². The average Bonchev–Trinajstić information content (AvgIpc) is 2.79. The van der Waals surface area contributed by atoms with Crippen molar-refractivity contribution in [3.8, 4) is 10.6 Å². The first-order valence-corrected chi connectivity index (χ1v) is 6.73. The highest BCUT2D eigenvalue weighted by molar-refractivity contribution is 9.10. The molecule has 20 heavy (non-hydrogen) atoms. The average molecular weight is 361 g/mol. The van der Waals surface area contributed by atoms with E-state index in [9.17, 15) is 19.3 Å². The maximum Gasteiger partial charge on any atom is 0.351 e. The smallest absolute Gasteiger partial charge is 0.351 e. The predicted octanol–water partition coefficient (Wildman–Crippen LogP) is 3.41. The summed E-state index contributed by atoms with van der Waals surface area (Å²) in [5, 5.41) is 11.0. The van der Waals surface area contributed by atoms with Crippen LogP contribution < -0.4 is 0 Å². The maximum absolute atomic E-state index is 13.6. The highest BCUT2D eigenvalue weighted by Gasteiger charge is 2.24. The number of thiophene rings is 1. The van der Waals surface area contributed by atoms with Crippen molar-refractivity contribution in [2.24, 2.45) is 0 Å². The van der Waals surface area contributed by atoms with Crippen LogP contribution in [0.25, 0.3) is 10.6 Å². The lowest BCUT2D eigenvalue weighted by Gasteiger charge is -1.99. The van der Waals surface area contributed by atoms with Crippen molar-refractivity contribution in [2.45, 2.75) is 0 Å². The van der Waals surface area contributed by atoms with Crippen LogP contribution in [0.5, 0.6) is 0 Å². The molecular weight excluding hydrogens is 355 g/mol. The second-order valence-electron chi connectivity index (χ2n) is 3.56. The lowest BCUT2D eigenvalue weighted by Crippen LogP contribution is -1.99. The van der Waals surface area contributed by atoms with E-state index in [-0.39, 0.29) is 21.1 Å². The van der Waals surface area contributed by atoms with Crippen LogP contribution in [0.3, 0.4) is 0 Å². The van der Waals surface area contributed by atoms with Crippen molar-refractivity contribution in [2.75, 3.05) is 7.11 Å². The zero-order valence-corrected chi connectivity index (χ0v) is 12.3. The van der Waals surface area contributed by atoms with Gasteiger partial charge in [-0.15, -0.1) is 11.3 Å². The number of pyridine rings is 1. The number of nitrogens with zero attached hydrogens (tertiary/aromatic N) is 2. The molecular formula is C11H6BrFN2O4S. The Labute approximate surface area is 124 Å². The molecule has 2 aromatic rings. The van der Waals surface area contributed by atoms with E-state index >= 15 is 0 Å². The fourth-order valence-corrected chi connectivity index (χ4v) is 2.75. The molecule has 0 N–H and O–H groups in total. The van der Waals surface area contributed by atoms with Gasteiger partial charge in [-0.1, -0.05) is 0 Å². The number of hydrogen-bond donors (Lipinski definition) is 0. The third kappa shape index (κ3) is 2.68. The third-order valence-electron chi connectivity index (χ3n) is 2.32. The van der Waals surface area contributed by atoms with Gasteiger partial charge in [0.15, 0.2) is 5.69 Å². The second-order valence-corrected chi connectivity index (χ2v) is 5.53. The quantitative estimate of drug-likeness (QED) is 0.475. The Morgan fingerprint density at radius 3 is 2.85 bits per heavy atom. The summed E-state index contributed by atoms with van der Waals surface area (Å²) in [7, 11) is 1.13. The number of esters is 1. The fraction of sp³-hybridized carbons (Fsp3) is 0.0909.